The number of carbonyl (C=O) groups is 1. The Balaban J connectivity index is 1.24. The lowest BCUT2D eigenvalue weighted by Crippen LogP contribution is -2.27. The number of fused-ring (bicyclic) bond motifs is 3. The van der Waals surface area contributed by atoms with Gasteiger partial charge in [-0.1, -0.05) is 0 Å². The summed E-state index contributed by atoms with van der Waals surface area (Å²) >= 11 is 0. The molecule has 0 bridgehead atoms. The molecular weight excluding hydrogens is 472 g/mol. The number of aromatic nitrogens is 1. The second-order valence-electron chi connectivity index (χ2n) is 8.84. The Morgan fingerprint density at radius 1 is 0.946 bits per heavy atom. The second kappa shape index (κ2) is 9.46. The van der Waals surface area contributed by atoms with Crippen molar-refractivity contribution in [3.05, 3.63) is 71.9 Å². The van der Waals surface area contributed by atoms with Crippen molar-refractivity contribution < 1.29 is 28.2 Å². The fourth-order valence-corrected chi connectivity index (χ4v) is 4.74. The number of hydrogen-bond acceptors (Lipinski definition) is 6. The van der Waals surface area contributed by atoms with E-state index in [4.69, 9.17) is 23.4 Å². The maximum absolute atomic E-state index is 13.1. The smallest absolute Gasteiger partial charge is 0.231 e. The summed E-state index contributed by atoms with van der Waals surface area (Å²) in [5.41, 5.74) is 4.46. The van der Waals surface area contributed by atoms with Gasteiger partial charge in [-0.15, -0.1) is 0 Å². The largest absolute Gasteiger partial charge is 0.497 e. The maximum Gasteiger partial charge on any atom is 0.231 e. The van der Waals surface area contributed by atoms with E-state index in [-0.39, 0.29) is 19.1 Å². The molecule has 0 atom stereocenters. The van der Waals surface area contributed by atoms with Gasteiger partial charge in [0.15, 0.2) is 11.5 Å². The lowest BCUT2D eigenvalue weighted by Gasteiger charge is -2.07. The molecule has 2 N–H and O–H groups in total. The Bertz CT molecular complexity index is 1600. The number of ether oxygens (including phenoxy) is 4. The fraction of sp³-hybridized carbons (Fsp3) is 0.207. The van der Waals surface area contributed by atoms with Gasteiger partial charge in [-0.05, 0) is 60.5 Å². The molecule has 0 saturated carbocycles. The van der Waals surface area contributed by atoms with Gasteiger partial charge in [0, 0.05) is 46.2 Å². The Labute approximate surface area is 213 Å². The molecule has 37 heavy (non-hydrogen) atoms. The zero-order chi connectivity index (χ0) is 25.4. The number of amides is 1. The predicted molar refractivity (Wildman–Crippen MR) is 140 cm³/mol. The van der Waals surface area contributed by atoms with Crippen molar-refractivity contribution in [1.82, 2.24) is 10.3 Å². The van der Waals surface area contributed by atoms with Crippen LogP contribution >= 0.6 is 0 Å². The average molecular weight is 499 g/mol. The fourth-order valence-electron chi connectivity index (χ4n) is 4.74. The van der Waals surface area contributed by atoms with Crippen molar-refractivity contribution >= 4 is 27.8 Å². The van der Waals surface area contributed by atoms with E-state index in [1.165, 1.54) is 0 Å². The maximum atomic E-state index is 13.1. The average Bonchev–Trinajstić information content (AvgIpc) is 3.64. The first-order valence-corrected chi connectivity index (χ1v) is 12.0. The van der Waals surface area contributed by atoms with E-state index in [1.807, 2.05) is 60.8 Å². The molecule has 8 nitrogen and oxygen atoms in total. The summed E-state index contributed by atoms with van der Waals surface area (Å²) in [6.07, 6.45) is 2.83. The lowest BCUT2D eigenvalue weighted by molar-refractivity contribution is -0.120. The molecule has 0 radical (unpaired) electrons. The molecular formula is C29H26N2O6. The Morgan fingerprint density at radius 3 is 2.49 bits per heavy atom. The van der Waals surface area contributed by atoms with Crippen LogP contribution in [0.3, 0.4) is 0 Å². The number of aromatic amines is 1. The second-order valence-corrected chi connectivity index (χ2v) is 8.84. The van der Waals surface area contributed by atoms with Crippen LogP contribution in [0.2, 0.25) is 0 Å². The summed E-state index contributed by atoms with van der Waals surface area (Å²) in [7, 11) is 3.28. The quantitative estimate of drug-likeness (QED) is 0.304. The number of rotatable bonds is 8. The first-order chi connectivity index (χ1) is 18.1. The van der Waals surface area contributed by atoms with Crippen LogP contribution in [0.15, 0.2) is 65.2 Å². The zero-order valence-corrected chi connectivity index (χ0v) is 20.6. The summed E-state index contributed by atoms with van der Waals surface area (Å²) < 4.78 is 28.0. The summed E-state index contributed by atoms with van der Waals surface area (Å²) in [4.78, 5) is 16.4. The van der Waals surface area contributed by atoms with Crippen LogP contribution in [0.1, 0.15) is 11.1 Å². The minimum Gasteiger partial charge on any atom is -0.497 e. The van der Waals surface area contributed by atoms with Crippen molar-refractivity contribution in [2.45, 2.75) is 12.8 Å². The number of benzene rings is 3. The molecule has 5 aromatic rings. The molecule has 3 aromatic carbocycles. The van der Waals surface area contributed by atoms with Crippen molar-refractivity contribution in [3.8, 4) is 34.3 Å². The predicted octanol–water partition coefficient (Wildman–Crippen LogP) is 5.23. The highest BCUT2D eigenvalue weighted by molar-refractivity contribution is 5.95. The first kappa shape index (κ1) is 22.8. The number of nitrogens with one attached hydrogen (secondary N) is 2. The summed E-state index contributed by atoms with van der Waals surface area (Å²) in [5, 5.41) is 4.98. The molecule has 0 unspecified atom stereocenters. The van der Waals surface area contributed by atoms with Gasteiger partial charge in [-0.3, -0.25) is 4.79 Å². The van der Waals surface area contributed by atoms with Crippen molar-refractivity contribution in [3.63, 3.8) is 0 Å². The molecule has 1 aliphatic rings. The van der Waals surface area contributed by atoms with Gasteiger partial charge in [0.1, 0.15) is 22.8 Å². The minimum absolute atomic E-state index is 0.0902. The molecule has 1 aliphatic heterocycles. The van der Waals surface area contributed by atoms with Gasteiger partial charge < -0.3 is 33.7 Å². The molecule has 2 aromatic heterocycles. The normalized spacial score (nSPS) is 12.3. The molecule has 188 valence electrons. The molecule has 0 saturated heterocycles. The van der Waals surface area contributed by atoms with E-state index in [2.05, 4.69) is 10.3 Å². The van der Waals surface area contributed by atoms with E-state index in [1.54, 1.807) is 14.2 Å². The number of carbonyl (C=O) groups excluding carboxylic acids is 1. The summed E-state index contributed by atoms with van der Waals surface area (Å²) in [6, 6.07) is 17.2. The highest BCUT2D eigenvalue weighted by Gasteiger charge is 2.23. The minimum atomic E-state index is -0.0902. The molecule has 3 heterocycles. The molecule has 8 heteroatoms. The van der Waals surface area contributed by atoms with Crippen LogP contribution in [0, 0.1) is 0 Å². The van der Waals surface area contributed by atoms with Crippen molar-refractivity contribution in [2.24, 2.45) is 0 Å². The number of methoxy groups -OCH3 is 2. The third-order valence-corrected chi connectivity index (χ3v) is 6.67. The molecule has 0 spiro atoms. The Morgan fingerprint density at radius 2 is 1.70 bits per heavy atom. The third-order valence-electron chi connectivity index (χ3n) is 6.67. The van der Waals surface area contributed by atoms with Gasteiger partial charge >= 0.3 is 0 Å². The van der Waals surface area contributed by atoms with Gasteiger partial charge in [0.2, 0.25) is 12.7 Å². The zero-order valence-electron chi connectivity index (χ0n) is 20.6. The highest BCUT2D eigenvalue weighted by atomic mass is 16.7. The van der Waals surface area contributed by atoms with Crippen LogP contribution in [0.25, 0.3) is 33.2 Å². The number of H-pyrrole nitrogens is 1. The molecule has 0 fully saturated rings. The standard InChI is InChI=1S/C29H26N2O6/c1-33-19-5-3-17(4-6-19)29-23(22-12-26-27(36-16-35-26)14-25(22)37-29)13-28(32)30-10-9-18-15-31-24-8-7-20(34-2)11-21(18)24/h3-8,11-12,14-15,31H,9-10,13,16H2,1-2H3,(H,30,32). The number of furan rings is 1. The van der Waals surface area contributed by atoms with Gasteiger partial charge in [0.25, 0.3) is 0 Å². The van der Waals surface area contributed by atoms with Crippen LogP contribution in [0.4, 0.5) is 0 Å². The summed E-state index contributed by atoms with van der Waals surface area (Å²) in [5.74, 6) is 3.37. The Kier molecular flexibility index (Phi) is 5.84. The van der Waals surface area contributed by atoms with Gasteiger partial charge in [0.05, 0.1) is 20.6 Å². The van der Waals surface area contributed by atoms with Crippen LogP contribution in [-0.2, 0) is 17.6 Å². The van der Waals surface area contributed by atoms with Gasteiger partial charge in [-0.2, -0.15) is 0 Å². The van der Waals surface area contributed by atoms with E-state index < -0.39 is 0 Å². The third kappa shape index (κ3) is 4.31. The Hall–Kier alpha value is -4.59. The monoisotopic (exact) mass is 498 g/mol. The van der Waals surface area contributed by atoms with Gasteiger partial charge in [-0.25, -0.2) is 0 Å². The van der Waals surface area contributed by atoms with Crippen molar-refractivity contribution in [2.75, 3.05) is 27.6 Å². The van der Waals surface area contributed by atoms with Crippen LogP contribution in [-0.4, -0.2) is 38.4 Å². The SMILES string of the molecule is COc1ccc(-c2oc3cc4c(cc3c2CC(=O)NCCc2c[nH]c3ccc(OC)cc23)OCO4)cc1. The van der Waals surface area contributed by atoms with E-state index in [9.17, 15) is 4.79 Å². The van der Waals surface area contributed by atoms with E-state index in [0.29, 0.717) is 35.8 Å². The van der Waals surface area contributed by atoms with E-state index >= 15 is 0 Å². The number of hydrogen-bond donors (Lipinski definition) is 2. The lowest BCUT2D eigenvalue weighted by atomic mass is 10.0. The molecule has 1 amide bonds. The first-order valence-electron chi connectivity index (χ1n) is 12.0. The molecule has 0 aliphatic carbocycles. The van der Waals surface area contributed by atoms with Crippen molar-refractivity contribution in [1.29, 1.82) is 0 Å². The molecule has 6 rings (SSSR count). The van der Waals surface area contributed by atoms with Crippen LogP contribution in [0.5, 0.6) is 23.0 Å². The topological polar surface area (TPSA) is 95.0 Å². The van der Waals surface area contributed by atoms with Crippen LogP contribution < -0.4 is 24.3 Å². The van der Waals surface area contributed by atoms with E-state index in [0.717, 1.165) is 44.5 Å². The summed E-state index contributed by atoms with van der Waals surface area (Å²) in [6.45, 7) is 0.672. The highest BCUT2D eigenvalue weighted by Crippen LogP contribution is 2.42.